The van der Waals surface area contributed by atoms with Crippen LogP contribution in [0.4, 0.5) is 5.82 Å². The van der Waals surface area contributed by atoms with Gasteiger partial charge in [-0.15, -0.1) is 0 Å². The van der Waals surface area contributed by atoms with Gasteiger partial charge < -0.3 is 9.80 Å². The van der Waals surface area contributed by atoms with Gasteiger partial charge in [0.1, 0.15) is 5.82 Å². The molecule has 0 unspecified atom stereocenters. The van der Waals surface area contributed by atoms with Gasteiger partial charge in [0, 0.05) is 56.3 Å². The number of piperazine rings is 1. The zero-order valence-electron chi connectivity index (χ0n) is 16.5. The maximum Gasteiger partial charge on any atom is 0.241 e. The maximum atomic E-state index is 12.1. The van der Waals surface area contributed by atoms with E-state index in [1.165, 1.54) is 5.56 Å². The largest absolute Gasteiger partial charge is 0.346 e. The van der Waals surface area contributed by atoms with Gasteiger partial charge >= 0.3 is 0 Å². The molecule has 7 nitrogen and oxygen atoms in total. The quantitative estimate of drug-likeness (QED) is 0.692. The Morgan fingerprint density at radius 1 is 1.00 bits per heavy atom. The predicted octanol–water partition coefficient (Wildman–Crippen LogP) is 2.11. The number of carbonyl (C=O) groups is 1. The summed E-state index contributed by atoms with van der Waals surface area (Å²) in [6.45, 7) is 2.54. The molecule has 1 saturated heterocycles. The number of hydrogen-bond acceptors (Lipinski definition) is 5. The van der Waals surface area contributed by atoms with Crippen LogP contribution >= 0.6 is 0 Å². The first kappa shape index (κ1) is 17.6. The Balaban J connectivity index is 1.47. The molecule has 5 rings (SSSR count). The number of rotatable bonds is 3. The summed E-state index contributed by atoms with van der Waals surface area (Å²) in [7, 11) is 3.76. The minimum absolute atomic E-state index is 0.119. The molecule has 0 bridgehead atoms. The number of anilines is 1. The molecule has 0 spiro atoms. The lowest BCUT2D eigenvalue weighted by Crippen LogP contribution is -2.48. The number of carbonyl (C=O) groups excluding carboxylic acids is 1. The second kappa shape index (κ2) is 6.84. The molecule has 2 aliphatic heterocycles. The van der Waals surface area contributed by atoms with E-state index in [0.29, 0.717) is 19.6 Å². The Bertz CT molecular complexity index is 1130. The van der Waals surface area contributed by atoms with Crippen LogP contribution in [0.1, 0.15) is 16.7 Å². The fourth-order valence-corrected chi connectivity index (χ4v) is 3.87. The number of aliphatic imine (C=N–C) groups is 1. The zero-order chi connectivity index (χ0) is 20.0. The van der Waals surface area contributed by atoms with Crippen molar-refractivity contribution in [2.75, 3.05) is 31.6 Å². The molecule has 7 heteroatoms. The van der Waals surface area contributed by atoms with Gasteiger partial charge in [-0.1, -0.05) is 12.1 Å². The Labute approximate surface area is 169 Å². The first-order chi connectivity index (χ1) is 14.1. The van der Waals surface area contributed by atoms with Gasteiger partial charge in [0.25, 0.3) is 0 Å². The van der Waals surface area contributed by atoms with Crippen molar-refractivity contribution in [3.05, 3.63) is 65.6 Å². The standard InChI is InChI=1S/C22H22N6O/c1-26-7-8-28(14-21(26)29)20-10-16(5-6-23-20)22-19-9-15(3-4-17(19)11-24-22)18-12-25-27(2)13-18/h3-6,9-10,12-13H,7-8,11,14H2,1-2H3. The second-order valence-electron chi connectivity index (χ2n) is 7.58. The number of aromatic nitrogens is 3. The highest BCUT2D eigenvalue weighted by Crippen LogP contribution is 2.29. The average molecular weight is 386 g/mol. The molecule has 2 aliphatic rings. The fraction of sp³-hybridized carbons (Fsp3) is 0.273. The Morgan fingerprint density at radius 2 is 1.90 bits per heavy atom. The van der Waals surface area contributed by atoms with Crippen molar-refractivity contribution in [2.24, 2.45) is 12.0 Å². The number of aryl methyl sites for hydroxylation is 1. The van der Waals surface area contributed by atoms with Crippen LogP contribution in [0.25, 0.3) is 11.1 Å². The molecule has 0 radical (unpaired) electrons. The molecule has 1 aromatic carbocycles. The van der Waals surface area contributed by atoms with E-state index in [1.54, 1.807) is 11.1 Å². The SMILES string of the molecule is CN1CCN(c2cc(C3=NCc4ccc(-c5cnn(C)c5)cc43)ccn2)CC1=O. The minimum atomic E-state index is 0.119. The molecule has 29 heavy (non-hydrogen) atoms. The fourth-order valence-electron chi connectivity index (χ4n) is 3.87. The number of nitrogens with zero attached hydrogens (tertiary/aromatic N) is 6. The van der Waals surface area contributed by atoms with Gasteiger partial charge in [-0.3, -0.25) is 14.5 Å². The van der Waals surface area contributed by atoms with Crippen molar-refractivity contribution < 1.29 is 4.79 Å². The number of benzene rings is 1. The van der Waals surface area contributed by atoms with Crippen molar-refractivity contribution in [2.45, 2.75) is 6.54 Å². The van der Waals surface area contributed by atoms with Gasteiger partial charge in [0.05, 0.1) is 25.0 Å². The molecule has 1 fully saturated rings. The molecule has 0 saturated carbocycles. The lowest BCUT2D eigenvalue weighted by molar-refractivity contribution is -0.129. The van der Waals surface area contributed by atoms with E-state index in [2.05, 4.69) is 28.3 Å². The van der Waals surface area contributed by atoms with E-state index >= 15 is 0 Å². The predicted molar refractivity (Wildman–Crippen MR) is 112 cm³/mol. The van der Waals surface area contributed by atoms with Crippen LogP contribution in [0.15, 0.2) is 53.9 Å². The molecule has 3 aromatic rings. The molecule has 2 aromatic heterocycles. The summed E-state index contributed by atoms with van der Waals surface area (Å²) in [5.41, 5.74) is 6.61. The summed E-state index contributed by atoms with van der Waals surface area (Å²) in [4.78, 5) is 25.2. The highest BCUT2D eigenvalue weighted by atomic mass is 16.2. The first-order valence-electron chi connectivity index (χ1n) is 9.70. The first-order valence-corrected chi connectivity index (χ1v) is 9.70. The van der Waals surface area contributed by atoms with Gasteiger partial charge in [-0.25, -0.2) is 4.98 Å². The average Bonchev–Trinajstić information content (AvgIpc) is 3.36. The normalized spacial score (nSPS) is 16.2. The summed E-state index contributed by atoms with van der Waals surface area (Å²) in [6, 6.07) is 10.5. The second-order valence-corrected chi connectivity index (χ2v) is 7.58. The van der Waals surface area contributed by atoms with Crippen LogP contribution in [0, 0.1) is 0 Å². The molecular weight excluding hydrogens is 364 g/mol. The molecule has 0 N–H and O–H groups in total. The molecule has 146 valence electrons. The highest BCUT2D eigenvalue weighted by molar-refractivity contribution is 6.15. The van der Waals surface area contributed by atoms with Crippen molar-refractivity contribution in [1.82, 2.24) is 19.7 Å². The summed E-state index contributed by atoms with van der Waals surface area (Å²) in [6.07, 6.45) is 5.70. The summed E-state index contributed by atoms with van der Waals surface area (Å²) in [5, 5.41) is 4.28. The van der Waals surface area contributed by atoms with Crippen molar-refractivity contribution in [1.29, 1.82) is 0 Å². The highest BCUT2D eigenvalue weighted by Gasteiger charge is 2.24. The van der Waals surface area contributed by atoms with Gasteiger partial charge in [-0.2, -0.15) is 5.10 Å². The van der Waals surface area contributed by atoms with Gasteiger partial charge in [0.15, 0.2) is 0 Å². The van der Waals surface area contributed by atoms with Crippen molar-refractivity contribution >= 4 is 17.4 Å². The Morgan fingerprint density at radius 3 is 2.69 bits per heavy atom. The summed E-state index contributed by atoms with van der Waals surface area (Å²) in [5.74, 6) is 0.941. The van der Waals surface area contributed by atoms with E-state index in [-0.39, 0.29) is 5.91 Å². The zero-order valence-corrected chi connectivity index (χ0v) is 16.5. The third-order valence-electron chi connectivity index (χ3n) is 5.61. The number of fused-ring (bicyclic) bond motifs is 1. The van der Waals surface area contributed by atoms with E-state index < -0.39 is 0 Å². The van der Waals surface area contributed by atoms with Crippen LogP contribution in [-0.4, -0.2) is 58.0 Å². The lowest BCUT2D eigenvalue weighted by atomic mass is 9.96. The van der Waals surface area contributed by atoms with Crippen molar-refractivity contribution in [3.63, 3.8) is 0 Å². The molecule has 1 amide bonds. The molecule has 4 heterocycles. The smallest absolute Gasteiger partial charge is 0.241 e. The van der Waals surface area contributed by atoms with E-state index in [0.717, 1.165) is 40.3 Å². The summed E-state index contributed by atoms with van der Waals surface area (Å²) < 4.78 is 1.81. The minimum Gasteiger partial charge on any atom is -0.346 e. The topological polar surface area (TPSA) is 66.6 Å². The van der Waals surface area contributed by atoms with Crippen LogP contribution in [0.2, 0.25) is 0 Å². The molecule has 0 aliphatic carbocycles. The van der Waals surface area contributed by atoms with E-state index in [9.17, 15) is 4.79 Å². The third-order valence-corrected chi connectivity index (χ3v) is 5.61. The Kier molecular flexibility index (Phi) is 4.16. The number of hydrogen-bond donors (Lipinski definition) is 0. The molecule has 0 atom stereocenters. The number of pyridine rings is 1. The van der Waals surface area contributed by atoms with Crippen LogP contribution in [0.5, 0.6) is 0 Å². The van der Waals surface area contributed by atoms with E-state index in [1.807, 2.05) is 48.2 Å². The third kappa shape index (κ3) is 3.18. The number of likely N-dealkylation sites (N-methyl/N-ethyl adjacent to an activating group) is 1. The monoisotopic (exact) mass is 386 g/mol. The lowest BCUT2D eigenvalue weighted by Gasteiger charge is -2.32. The number of amides is 1. The Hall–Kier alpha value is -3.48. The van der Waals surface area contributed by atoms with Gasteiger partial charge in [-0.05, 0) is 29.3 Å². The maximum absolute atomic E-state index is 12.1. The van der Waals surface area contributed by atoms with Gasteiger partial charge in [0.2, 0.25) is 5.91 Å². The van der Waals surface area contributed by atoms with Crippen LogP contribution < -0.4 is 4.90 Å². The van der Waals surface area contributed by atoms with E-state index in [4.69, 9.17) is 4.99 Å². The van der Waals surface area contributed by atoms with Crippen LogP contribution in [0.3, 0.4) is 0 Å². The van der Waals surface area contributed by atoms with Crippen molar-refractivity contribution in [3.8, 4) is 11.1 Å². The molecular formula is C22H22N6O. The van der Waals surface area contributed by atoms with Crippen LogP contribution in [-0.2, 0) is 18.4 Å². The summed E-state index contributed by atoms with van der Waals surface area (Å²) >= 11 is 0.